The van der Waals surface area contributed by atoms with Gasteiger partial charge in [0, 0.05) is 0 Å². The molecule has 14 heavy (non-hydrogen) atoms. The number of primary amides is 1. The Kier molecular flexibility index (Phi) is 2.98. The zero-order valence-electron chi connectivity index (χ0n) is 7.08. The Morgan fingerprint density at radius 2 is 2.14 bits per heavy atom. The molecule has 0 atom stereocenters. The van der Waals surface area contributed by atoms with Gasteiger partial charge < -0.3 is 5.73 Å². The molecule has 0 aromatic heterocycles. The van der Waals surface area contributed by atoms with Crippen molar-refractivity contribution < 1.29 is 18.8 Å². The molecule has 3 N–H and O–H groups in total. The largest absolute Gasteiger partial charge is 0.368 e. The lowest BCUT2D eigenvalue weighted by atomic mass is 10.3. The summed E-state index contributed by atoms with van der Waals surface area (Å²) in [6, 6.07) is 3.23. The van der Waals surface area contributed by atoms with E-state index in [1.165, 1.54) is 6.07 Å². The lowest BCUT2D eigenvalue weighted by Crippen LogP contribution is -2.31. The third kappa shape index (κ3) is 2.17. The summed E-state index contributed by atoms with van der Waals surface area (Å²) in [5.41, 5.74) is 4.33. The van der Waals surface area contributed by atoms with Crippen LogP contribution in [0.4, 0.5) is 14.5 Å². The molecular formula is C8H8F2N2O2. The Morgan fingerprint density at radius 1 is 1.50 bits per heavy atom. The van der Waals surface area contributed by atoms with Gasteiger partial charge in [-0.25, -0.2) is 13.8 Å². The maximum atomic E-state index is 13.0. The molecule has 0 saturated carbocycles. The molecule has 1 amide bonds. The number of halogens is 2. The lowest BCUT2D eigenvalue weighted by Gasteiger charge is -2.15. The first-order valence-electron chi connectivity index (χ1n) is 3.71. The first-order valence-corrected chi connectivity index (χ1v) is 3.71. The number of amides is 1. The number of anilines is 1. The predicted octanol–water partition coefficient (Wildman–Crippen LogP) is 0.646. The van der Waals surface area contributed by atoms with Crippen LogP contribution in [0.1, 0.15) is 0 Å². The van der Waals surface area contributed by atoms with Gasteiger partial charge >= 0.3 is 0 Å². The molecule has 0 saturated heterocycles. The van der Waals surface area contributed by atoms with Crippen LogP contribution in [0.3, 0.4) is 0 Å². The maximum Gasteiger partial charge on any atom is 0.239 e. The van der Waals surface area contributed by atoms with Crippen LogP contribution >= 0.6 is 0 Å². The van der Waals surface area contributed by atoms with Crippen LogP contribution in [0.25, 0.3) is 0 Å². The molecule has 4 nitrogen and oxygen atoms in total. The smallest absolute Gasteiger partial charge is 0.239 e. The van der Waals surface area contributed by atoms with Crippen LogP contribution in [0, 0.1) is 11.6 Å². The zero-order valence-corrected chi connectivity index (χ0v) is 7.08. The van der Waals surface area contributed by atoms with E-state index in [0.29, 0.717) is 0 Å². The average Bonchev–Trinajstić information content (AvgIpc) is 2.08. The fourth-order valence-electron chi connectivity index (χ4n) is 0.925. The number of nitrogens with two attached hydrogens (primary N) is 1. The Balaban J connectivity index is 2.95. The molecule has 1 aromatic carbocycles. The molecule has 0 radical (unpaired) electrons. The van der Waals surface area contributed by atoms with Crippen molar-refractivity contribution in [3.05, 3.63) is 29.8 Å². The molecule has 0 fully saturated rings. The quantitative estimate of drug-likeness (QED) is 0.707. The minimum absolute atomic E-state index is 0.251. The number of hydrogen-bond donors (Lipinski definition) is 2. The Hall–Kier alpha value is -1.69. The lowest BCUT2D eigenvalue weighted by molar-refractivity contribution is -0.117. The molecule has 0 bridgehead atoms. The Labute approximate surface area is 78.5 Å². The fraction of sp³-hybridized carbons (Fsp3) is 0.125. The second kappa shape index (κ2) is 4.01. The minimum atomic E-state index is -1.23. The molecule has 76 valence electrons. The van der Waals surface area contributed by atoms with Gasteiger partial charge in [0.25, 0.3) is 0 Å². The van der Waals surface area contributed by atoms with E-state index in [0.717, 1.165) is 12.1 Å². The maximum absolute atomic E-state index is 13.0. The van der Waals surface area contributed by atoms with Gasteiger partial charge in [0.05, 0.1) is 0 Å². The molecule has 0 aliphatic rings. The van der Waals surface area contributed by atoms with E-state index >= 15 is 0 Å². The second-order valence-corrected chi connectivity index (χ2v) is 2.60. The van der Waals surface area contributed by atoms with E-state index < -0.39 is 29.8 Å². The number of rotatable bonds is 3. The van der Waals surface area contributed by atoms with Crippen molar-refractivity contribution in [3.63, 3.8) is 0 Å². The van der Waals surface area contributed by atoms with Gasteiger partial charge in [-0.2, -0.15) is 0 Å². The first-order chi connectivity index (χ1) is 6.52. The van der Waals surface area contributed by atoms with Gasteiger partial charge in [0.2, 0.25) is 5.91 Å². The molecule has 0 unspecified atom stereocenters. The normalized spacial score (nSPS) is 9.93. The third-order valence-corrected chi connectivity index (χ3v) is 1.51. The van der Waals surface area contributed by atoms with Crippen LogP contribution in [-0.4, -0.2) is 17.7 Å². The Bertz CT molecular complexity index is 357. The van der Waals surface area contributed by atoms with Crippen LogP contribution in [0.2, 0.25) is 0 Å². The van der Waals surface area contributed by atoms with Gasteiger partial charge in [-0.15, -0.1) is 0 Å². The van der Waals surface area contributed by atoms with Gasteiger partial charge in [0.15, 0.2) is 11.6 Å². The molecule has 0 aliphatic heterocycles. The highest BCUT2D eigenvalue weighted by Crippen LogP contribution is 2.19. The SMILES string of the molecule is NC(=O)CN(O)c1cccc(F)c1F. The van der Waals surface area contributed by atoms with Crippen LogP contribution < -0.4 is 10.8 Å². The summed E-state index contributed by atoms with van der Waals surface area (Å²) in [6.07, 6.45) is 0. The molecule has 0 heterocycles. The Morgan fingerprint density at radius 3 is 2.71 bits per heavy atom. The fourth-order valence-corrected chi connectivity index (χ4v) is 0.925. The zero-order chi connectivity index (χ0) is 10.7. The number of carbonyl (C=O) groups is 1. The standard InChI is InChI=1S/C8H8F2N2O2/c9-5-2-1-3-6(8(5)10)12(14)4-7(11)13/h1-3,14H,4H2,(H2,11,13). The van der Waals surface area contributed by atoms with Crippen LogP contribution in [-0.2, 0) is 4.79 Å². The van der Waals surface area contributed by atoms with Crippen molar-refractivity contribution in [2.45, 2.75) is 0 Å². The van der Waals surface area contributed by atoms with E-state index in [9.17, 15) is 13.6 Å². The molecule has 1 aromatic rings. The second-order valence-electron chi connectivity index (χ2n) is 2.60. The van der Waals surface area contributed by atoms with Crippen molar-refractivity contribution >= 4 is 11.6 Å². The van der Waals surface area contributed by atoms with Crippen molar-refractivity contribution in [2.75, 3.05) is 11.6 Å². The predicted molar refractivity (Wildman–Crippen MR) is 44.7 cm³/mol. The summed E-state index contributed by atoms with van der Waals surface area (Å²) < 4.78 is 25.6. The molecular weight excluding hydrogens is 194 g/mol. The van der Waals surface area contributed by atoms with Crippen LogP contribution in [0.15, 0.2) is 18.2 Å². The van der Waals surface area contributed by atoms with Gasteiger partial charge in [-0.05, 0) is 12.1 Å². The van der Waals surface area contributed by atoms with Crippen molar-refractivity contribution in [2.24, 2.45) is 5.73 Å². The van der Waals surface area contributed by atoms with E-state index in [4.69, 9.17) is 10.9 Å². The van der Waals surface area contributed by atoms with E-state index in [1.54, 1.807) is 0 Å². The molecule has 0 spiro atoms. The number of hydrogen-bond acceptors (Lipinski definition) is 3. The summed E-state index contributed by atoms with van der Waals surface area (Å²) in [6.45, 7) is -0.597. The summed E-state index contributed by atoms with van der Waals surface area (Å²) in [5, 5.41) is 9.37. The van der Waals surface area contributed by atoms with E-state index in [2.05, 4.69) is 0 Å². The highest BCUT2D eigenvalue weighted by Gasteiger charge is 2.14. The molecule has 1 rings (SSSR count). The third-order valence-electron chi connectivity index (χ3n) is 1.51. The van der Waals surface area contributed by atoms with Gasteiger partial charge in [-0.3, -0.25) is 10.0 Å². The van der Waals surface area contributed by atoms with Gasteiger partial charge in [0.1, 0.15) is 12.2 Å². The number of benzene rings is 1. The van der Waals surface area contributed by atoms with Crippen molar-refractivity contribution in [1.29, 1.82) is 0 Å². The highest BCUT2D eigenvalue weighted by atomic mass is 19.2. The molecule has 6 heteroatoms. The van der Waals surface area contributed by atoms with Crippen molar-refractivity contribution in [3.8, 4) is 0 Å². The van der Waals surface area contributed by atoms with E-state index in [-0.39, 0.29) is 5.06 Å². The van der Waals surface area contributed by atoms with Gasteiger partial charge in [-0.1, -0.05) is 6.07 Å². The highest BCUT2D eigenvalue weighted by molar-refractivity contribution is 5.78. The average molecular weight is 202 g/mol. The number of carbonyl (C=O) groups excluding carboxylic acids is 1. The van der Waals surface area contributed by atoms with E-state index in [1.807, 2.05) is 0 Å². The monoisotopic (exact) mass is 202 g/mol. The summed E-state index contributed by atoms with van der Waals surface area (Å²) in [7, 11) is 0. The number of nitrogens with zero attached hydrogens (tertiary/aromatic N) is 1. The van der Waals surface area contributed by atoms with Crippen LogP contribution in [0.5, 0.6) is 0 Å². The number of hydroxylamine groups is 1. The topological polar surface area (TPSA) is 66.6 Å². The minimum Gasteiger partial charge on any atom is -0.368 e. The summed E-state index contributed by atoms with van der Waals surface area (Å²) in [5.74, 6) is -3.18. The van der Waals surface area contributed by atoms with Crippen molar-refractivity contribution in [1.82, 2.24) is 0 Å². The summed E-state index contributed by atoms with van der Waals surface area (Å²) in [4.78, 5) is 10.4. The summed E-state index contributed by atoms with van der Waals surface area (Å²) >= 11 is 0. The molecule has 0 aliphatic carbocycles. The first kappa shape index (κ1) is 10.4.